The van der Waals surface area contributed by atoms with Crippen LogP contribution in [0.1, 0.15) is 21.5 Å². The SMILES string of the molecule is Cc1ccc(N2C(=O)/C(=C\c3cccc(Cl)c3Cl)N=C2SCC(=O)c2ccccc2)cc1. The van der Waals surface area contributed by atoms with Crippen molar-refractivity contribution < 1.29 is 9.59 Å². The Morgan fingerprint density at radius 3 is 2.44 bits per heavy atom. The van der Waals surface area contributed by atoms with Gasteiger partial charge in [-0.2, -0.15) is 0 Å². The molecule has 0 bridgehead atoms. The molecule has 1 aliphatic rings. The normalized spacial score (nSPS) is 14.7. The molecule has 0 fully saturated rings. The molecule has 1 amide bonds. The Hall–Kier alpha value is -2.86. The summed E-state index contributed by atoms with van der Waals surface area (Å²) in [5, 5.41) is 1.19. The zero-order valence-electron chi connectivity index (χ0n) is 17.1. The Labute approximate surface area is 200 Å². The van der Waals surface area contributed by atoms with Gasteiger partial charge in [0, 0.05) is 5.56 Å². The number of nitrogens with zero attached hydrogens (tertiary/aromatic N) is 2. The van der Waals surface area contributed by atoms with Crippen molar-refractivity contribution in [3.8, 4) is 0 Å². The maximum absolute atomic E-state index is 13.3. The first-order valence-corrected chi connectivity index (χ1v) is 11.5. The third kappa shape index (κ3) is 4.80. The fourth-order valence-electron chi connectivity index (χ4n) is 3.13. The van der Waals surface area contributed by atoms with E-state index in [1.165, 1.54) is 16.7 Å². The molecule has 0 radical (unpaired) electrons. The highest BCUT2D eigenvalue weighted by molar-refractivity contribution is 8.14. The van der Waals surface area contributed by atoms with Crippen LogP contribution in [-0.4, -0.2) is 22.6 Å². The lowest BCUT2D eigenvalue weighted by Gasteiger charge is -2.18. The van der Waals surface area contributed by atoms with Crippen molar-refractivity contribution in [3.05, 3.63) is 105 Å². The molecule has 3 aromatic carbocycles. The van der Waals surface area contributed by atoms with Crippen LogP contribution >= 0.6 is 35.0 Å². The molecule has 0 aliphatic carbocycles. The number of thioether (sulfide) groups is 1. The van der Waals surface area contributed by atoms with Crippen molar-refractivity contribution in [1.29, 1.82) is 0 Å². The Morgan fingerprint density at radius 1 is 1.00 bits per heavy atom. The number of Topliss-reactive ketones (excluding diaryl/α,β-unsaturated/α-hetero) is 1. The fourth-order valence-corrected chi connectivity index (χ4v) is 4.40. The number of halogens is 2. The predicted molar refractivity (Wildman–Crippen MR) is 134 cm³/mol. The van der Waals surface area contributed by atoms with E-state index in [-0.39, 0.29) is 23.1 Å². The van der Waals surface area contributed by atoms with Gasteiger partial charge in [0.15, 0.2) is 11.0 Å². The fraction of sp³-hybridized carbons (Fsp3) is 0.0800. The first kappa shape index (κ1) is 22.3. The number of carbonyl (C=O) groups excluding carboxylic acids is 2. The predicted octanol–water partition coefficient (Wildman–Crippen LogP) is 6.66. The number of rotatable bonds is 5. The zero-order valence-corrected chi connectivity index (χ0v) is 19.4. The van der Waals surface area contributed by atoms with Crippen LogP contribution in [0, 0.1) is 6.92 Å². The topological polar surface area (TPSA) is 49.7 Å². The van der Waals surface area contributed by atoms with Crippen LogP contribution in [0.25, 0.3) is 6.08 Å². The van der Waals surface area contributed by atoms with Crippen molar-refractivity contribution in [3.63, 3.8) is 0 Å². The molecule has 0 saturated heterocycles. The maximum Gasteiger partial charge on any atom is 0.283 e. The van der Waals surface area contributed by atoms with Gasteiger partial charge in [-0.15, -0.1) is 0 Å². The van der Waals surface area contributed by atoms with Crippen LogP contribution < -0.4 is 4.90 Å². The van der Waals surface area contributed by atoms with Gasteiger partial charge in [-0.3, -0.25) is 14.5 Å². The zero-order chi connectivity index (χ0) is 22.7. The molecule has 32 heavy (non-hydrogen) atoms. The van der Waals surface area contributed by atoms with Gasteiger partial charge >= 0.3 is 0 Å². The van der Waals surface area contributed by atoms with Gasteiger partial charge in [0.2, 0.25) is 0 Å². The van der Waals surface area contributed by atoms with E-state index in [2.05, 4.69) is 4.99 Å². The molecule has 0 aromatic heterocycles. The Balaban J connectivity index is 1.67. The number of ketones is 1. The summed E-state index contributed by atoms with van der Waals surface area (Å²) < 4.78 is 0. The Bertz CT molecular complexity index is 1240. The summed E-state index contributed by atoms with van der Waals surface area (Å²) in [6.45, 7) is 1.98. The van der Waals surface area contributed by atoms with Gasteiger partial charge in [-0.25, -0.2) is 4.99 Å². The largest absolute Gasteiger partial charge is 0.293 e. The summed E-state index contributed by atoms with van der Waals surface area (Å²) >= 11 is 13.6. The smallest absolute Gasteiger partial charge is 0.283 e. The minimum atomic E-state index is -0.292. The van der Waals surface area contributed by atoms with Crippen LogP contribution in [0.15, 0.2) is 83.5 Å². The van der Waals surface area contributed by atoms with Crippen molar-refractivity contribution in [2.24, 2.45) is 4.99 Å². The molecule has 0 unspecified atom stereocenters. The molecule has 1 heterocycles. The van der Waals surface area contributed by atoms with Crippen molar-refractivity contribution in [2.75, 3.05) is 10.7 Å². The first-order chi connectivity index (χ1) is 15.4. The standard InChI is InChI=1S/C25H18Cl2N2O2S/c1-16-10-12-19(13-11-16)29-24(31)21(14-18-8-5-9-20(26)23(18)27)28-25(29)32-15-22(30)17-6-3-2-4-7-17/h2-14H,15H2,1H3/b21-14+. The summed E-state index contributed by atoms with van der Waals surface area (Å²) in [6.07, 6.45) is 1.62. The van der Waals surface area contributed by atoms with E-state index in [0.717, 1.165) is 5.56 Å². The molecule has 0 spiro atoms. The van der Waals surface area contributed by atoms with Crippen LogP contribution in [0.2, 0.25) is 10.0 Å². The molecule has 7 heteroatoms. The first-order valence-electron chi connectivity index (χ1n) is 9.80. The molecule has 0 saturated carbocycles. The third-order valence-corrected chi connectivity index (χ3v) is 6.60. The molecule has 4 rings (SSSR count). The van der Waals surface area contributed by atoms with Gasteiger partial charge in [0.1, 0.15) is 5.70 Å². The highest BCUT2D eigenvalue weighted by Crippen LogP contribution is 2.32. The molecule has 3 aromatic rings. The lowest BCUT2D eigenvalue weighted by atomic mass is 10.2. The number of amides is 1. The summed E-state index contributed by atoms with van der Waals surface area (Å²) in [4.78, 5) is 31.9. The van der Waals surface area contributed by atoms with Gasteiger partial charge < -0.3 is 0 Å². The van der Waals surface area contributed by atoms with Gasteiger partial charge in [-0.05, 0) is 36.8 Å². The van der Waals surface area contributed by atoms with E-state index in [0.29, 0.717) is 32.0 Å². The second-order valence-corrected chi connectivity index (χ2v) is 8.85. The molecular formula is C25H18Cl2N2O2S. The van der Waals surface area contributed by atoms with E-state index in [1.807, 2.05) is 49.4 Å². The molecule has 160 valence electrons. The number of carbonyl (C=O) groups is 2. The van der Waals surface area contributed by atoms with Crippen LogP contribution in [0.3, 0.4) is 0 Å². The van der Waals surface area contributed by atoms with E-state index >= 15 is 0 Å². The molecular weight excluding hydrogens is 463 g/mol. The monoisotopic (exact) mass is 480 g/mol. The van der Waals surface area contributed by atoms with E-state index < -0.39 is 0 Å². The van der Waals surface area contributed by atoms with Gasteiger partial charge in [0.05, 0.1) is 21.5 Å². The number of amidine groups is 1. The van der Waals surface area contributed by atoms with Crippen LogP contribution in [0.4, 0.5) is 5.69 Å². The number of aliphatic imine (C=N–C) groups is 1. The number of hydrogen-bond donors (Lipinski definition) is 0. The van der Waals surface area contributed by atoms with E-state index in [4.69, 9.17) is 23.2 Å². The minimum absolute atomic E-state index is 0.0371. The molecule has 0 N–H and O–H groups in total. The third-order valence-electron chi connectivity index (χ3n) is 4.82. The highest BCUT2D eigenvalue weighted by Gasteiger charge is 2.32. The van der Waals surface area contributed by atoms with E-state index in [9.17, 15) is 9.59 Å². The molecule has 4 nitrogen and oxygen atoms in total. The number of hydrogen-bond acceptors (Lipinski definition) is 4. The van der Waals surface area contributed by atoms with Crippen molar-refractivity contribution in [2.45, 2.75) is 6.92 Å². The Kier molecular flexibility index (Phi) is 6.80. The highest BCUT2D eigenvalue weighted by atomic mass is 35.5. The van der Waals surface area contributed by atoms with E-state index in [1.54, 1.807) is 36.4 Å². The molecule has 0 atom stereocenters. The molecule has 1 aliphatic heterocycles. The number of benzene rings is 3. The minimum Gasteiger partial charge on any atom is -0.293 e. The van der Waals surface area contributed by atoms with Crippen molar-refractivity contribution >= 4 is 63.6 Å². The average Bonchev–Trinajstić information content (AvgIpc) is 3.11. The second-order valence-electron chi connectivity index (χ2n) is 7.12. The van der Waals surface area contributed by atoms with Crippen LogP contribution in [0.5, 0.6) is 0 Å². The summed E-state index contributed by atoms with van der Waals surface area (Å²) in [6, 6.07) is 21.8. The van der Waals surface area contributed by atoms with Gasteiger partial charge in [0.25, 0.3) is 5.91 Å². The summed E-state index contributed by atoms with van der Waals surface area (Å²) in [7, 11) is 0. The quantitative estimate of drug-likeness (QED) is 0.302. The summed E-state index contributed by atoms with van der Waals surface area (Å²) in [5.41, 5.74) is 3.20. The number of anilines is 1. The van der Waals surface area contributed by atoms with Crippen LogP contribution in [-0.2, 0) is 4.79 Å². The summed E-state index contributed by atoms with van der Waals surface area (Å²) in [5.74, 6) is -0.173. The number of aryl methyl sites for hydroxylation is 1. The Morgan fingerprint density at radius 2 is 1.72 bits per heavy atom. The maximum atomic E-state index is 13.3. The lowest BCUT2D eigenvalue weighted by Crippen LogP contribution is -2.30. The second kappa shape index (κ2) is 9.74. The van der Waals surface area contributed by atoms with Gasteiger partial charge in [-0.1, -0.05) is 95.1 Å². The average molecular weight is 481 g/mol. The van der Waals surface area contributed by atoms with Crippen molar-refractivity contribution in [1.82, 2.24) is 0 Å². The lowest BCUT2D eigenvalue weighted by molar-refractivity contribution is -0.113.